The first-order chi connectivity index (χ1) is 16.4. The van der Waals surface area contributed by atoms with Crippen molar-refractivity contribution in [2.24, 2.45) is 52.3 Å². The number of rotatable bonds is 4. The Morgan fingerprint density at radius 3 is 2.59 bits per heavy atom. The molecule has 1 saturated heterocycles. The highest BCUT2D eigenvalue weighted by atomic mass is 16.5. The molecule has 5 saturated carbocycles. The van der Waals surface area contributed by atoms with Gasteiger partial charge in [-0.05, 0) is 92.3 Å². The van der Waals surface area contributed by atoms with Gasteiger partial charge in [-0.15, -0.1) is 0 Å². The molecule has 0 aromatic carbocycles. The SMILES string of the molecule is COC1C2[C@H]3CC[C@@H]4[C@H](CC[C@]5(C)[C@@H](C6(Cn7cc(C#N)cn7)COC6)CC[C@@H]45)[C@H]3CC[C@]12O. The average Bonchev–Trinajstić information content (AvgIpc) is 3.08. The topological polar surface area (TPSA) is 80.3 Å². The molecule has 5 aliphatic carbocycles. The minimum Gasteiger partial charge on any atom is -0.387 e. The normalized spacial score (nSPS) is 50.2. The highest BCUT2D eigenvalue weighted by molar-refractivity contribution is 5.23. The maximum atomic E-state index is 11.1. The van der Waals surface area contributed by atoms with Crippen LogP contribution in [0.15, 0.2) is 12.4 Å². The van der Waals surface area contributed by atoms with Crippen molar-refractivity contribution in [3.63, 3.8) is 0 Å². The van der Waals surface area contributed by atoms with E-state index >= 15 is 0 Å². The molecule has 6 fully saturated rings. The van der Waals surface area contributed by atoms with Crippen molar-refractivity contribution in [1.82, 2.24) is 9.78 Å². The van der Waals surface area contributed by atoms with E-state index in [1.54, 1.807) is 13.3 Å². The number of nitrogens with zero attached hydrogens (tertiary/aromatic N) is 3. The van der Waals surface area contributed by atoms with E-state index in [-0.39, 0.29) is 11.5 Å². The maximum absolute atomic E-state index is 11.1. The Morgan fingerprint density at radius 2 is 1.88 bits per heavy atom. The van der Waals surface area contributed by atoms with E-state index in [4.69, 9.17) is 9.47 Å². The zero-order valence-electron chi connectivity index (χ0n) is 20.7. The molecule has 184 valence electrons. The van der Waals surface area contributed by atoms with Crippen LogP contribution < -0.4 is 0 Å². The summed E-state index contributed by atoms with van der Waals surface area (Å²) in [6, 6.07) is 2.22. The summed E-state index contributed by atoms with van der Waals surface area (Å²) in [7, 11) is 1.79. The van der Waals surface area contributed by atoms with Crippen LogP contribution in [0.4, 0.5) is 0 Å². The average molecular weight is 466 g/mol. The summed E-state index contributed by atoms with van der Waals surface area (Å²) in [6.07, 6.45) is 13.8. The molecule has 0 radical (unpaired) electrons. The molecule has 7 rings (SSSR count). The molecule has 1 N–H and O–H groups in total. The Morgan fingerprint density at radius 1 is 1.12 bits per heavy atom. The first-order valence-corrected chi connectivity index (χ1v) is 13.7. The van der Waals surface area contributed by atoms with Crippen LogP contribution in [0.2, 0.25) is 0 Å². The fourth-order valence-corrected chi connectivity index (χ4v) is 10.7. The number of nitriles is 1. The zero-order chi connectivity index (χ0) is 23.3. The van der Waals surface area contributed by atoms with Crippen molar-refractivity contribution in [2.75, 3.05) is 20.3 Å². The number of aromatic nitrogens is 2. The number of hydrogen-bond acceptors (Lipinski definition) is 5. The minimum atomic E-state index is -0.515. The molecule has 0 amide bonds. The fourth-order valence-electron chi connectivity index (χ4n) is 10.7. The van der Waals surface area contributed by atoms with Crippen LogP contribution >= 0.6 is 0 Å². The highest BCUT2D eigenvalue weighted by Gasteiger charge is 2.72. The van der Waals surface area contributed by atoms with Gasteiger partial charge in [0, 0.05) is 24.6 Å². The van der Waals surface area contributed by atoms with Gasteiger partial charge in [-0.3, -0.25) is 4.68 Å². The Bertz CT molecular complexity index is 1010. The Hall–Kier alpha value is -1.42. The van der Waals surface area contributed by atoms with E-state index in [2.05, 4.69) is 18.1 Å². The second-order valence-electron chi connectivity index (χ2n) is 13.1. The van der Waals surface area contributed by atoms with Gasteiger partial charge in [0.15, 0.2) is 0 Å². The predicted octanol–water partition coefficient (Wildman–Crippen LogP) is 4.03. The quantitative estimate of drug-likeness (QED) is 0.726. The van der Waals surface area contributed by atoms with Crippen molar-refractivity contribution in [2.45, 2.75) is 76.5 Å². The highest BCUT2D eigenvalue weighted by Crippen LogP contribution is 2.71. The van der Waals surface area contributed by atoms with Gasteiger partial charge in [0.25, 0.3) is 0 Å². The van der Waals surface area contributed by atoms with Gasteiger partial charge >= 0.3 is 0 Å². The molecule has 2 unspecified atom stereocenters. The predicted molar refractivity (Wildman–Crippen MR) is 125 cm³/mol. The maximum Gasteiger partial charge on any atom is 0.102 e. The molecule has 6 aliphatic rings. The lowest BCUT2D eigenvalue weighted by molar-refractivity contribution is -0.190. The molecule has 0 bridgehead atoms. The summed E-state index contributed by atoms with van der Waals surface area (Å²) in [5.74, 6) is 5.05. The molecule has 1 aromatic heterocycles. The van der Waals surface area contributed by atoms with Crippen molar-refractivity contribution < 1.29 is 14.6 Å². The van der Waals surface area contributed by atoms with Gasteiger partial charge in [-0.1, -0.05) is 6.92 Å². The van der Waals surface area contributed by atoms with E-state index in [1.165, 1.54) is 44.9 Å². The summed E-state index contributed by atoms with van der Waals surface area (Å²) in [5.41, 5.74) is 0.674. The van der Waals surface area contributed by atoms with Crippen LogP contribution in [-0.2, 0) is 16.0 Å². The van der Waals surface area contributed by atoms with Gasteiger partial charge in [0.1, 0.15) is 6.07 Å². The Balaban J connectivity index is 1.12. The number of hydrogen-bond donors (Lipinski definition) is 1. The van der Waals surface area contributed by atoms with Crippen LogP contribution in [0.3, 0.4) is 0 Å². The van der Waals surface area contributed by atoms with Crippen LogP contribution in [0.1, 0.15) is 63.9 Å². The van der Waals surface area contributed by atoms with Crippen molar-refractivity contribution >= 4 is 0 Å². The third-order valence-electron chi connectivity index (χ3n) is 12.1. The molecule has 1 aliphatic heterocycles. The second kappa shape index (κ2) is 7.31. The van der Waals surface area contributed by atoms with Gasteiger partial charge in [-0.2, -0.15) is 10.4 Å². The smallest absolute Gasteiger partial charge is 0.102 e. The Kier molecular flexibility index (Phi) is 4.69. The molecular weight excluding hydrogens is 426 g/mol. The third kappa shape index (κ3) is 2.75. The second-order valence-corrected chi connectivity index (χ2v) is 13.1. The van der Waals surface area contributed by atoms with E-state index < -0.39 is 5.60 Å². The number of aliphatic hydroxyl groups is 1. The fraction of sp³-hybridized carbons (Fsp3) is 0.857. The molecule has 6 nitrogen and oxygen atoms in total. The van der Waals surface area contributed by atoms with Crippen LogP contribution in [0, 0.1) is 63.6 Å². The number of ether oxygens (including phenoxy) is 2. The molecule has 34 heavy (non-hydrogen) atoms. The zero-order valence-corrected chi connectivity index (χ0v) is 20.7. The van der Waals surface area contributed by atoms with Gasteiger partial charge in [-0.25, -0.2) is 0 Å². The number of methoxy groups -OCH3 is 1. The molecule has 10 atom stereocenters. The molecule has 6 heteroatoms. The van der Waals surface area contributed by atoms with E-state index in [9.17, 15) is 10.4 Å². The first kappa shape index (κ1) is 21.8. The lowest BCUT2D eigenvalue weighted by atomic mass is 9.47. The van der Waals surface area contributed by atoms with E-state index in [1.807, 2.05) is 10.9 Å². The molecule has 2 heterocycles. The van der Waals surface area contributed by atoms with Crippen molar-refractivity contribution in [1.29, 1.82) is 5.26 Å². The van der Waals surface area contributed by atoms with Crippen LogP contribution in [-0.4, -0.2) is 46.9 Å². The molecular formula is C28H39N3O3. The summed E-state index contributed by atoms with van der Waals surface area (Å²) in [5, 5.41) is 24.8. The number of fused-ring (bicyclic) bond motifs is 7. The van der Waals surface area contributed by atoms with Crippen molar-refractivity contribution in [3.8, 4) is 6.07 Å². The Labute approximate surface area is 203 Å². The minimum absolute atomic E-state index is 0.0890. The monoisotopic (exact) mass is 465 g/mol. The van der Waals surface area contributed by atoms with Gasteiger partial charge in [0.2, 0.25) is 0 Å². The molecule has 1 aromatic rings. The summed E-state index contributed by atoms with van der Waals surface area (Å²) < 4.78 is 13.6. The summed E-state index contributed by atoms with van der Waals surface area (Å²) in [4.78, 5) is 0. The standard InChI is InChI=1S/C28H39N3O3/c1-26-9-7-18-19-8-10-28(32)24(25(28)33-2)21(19)4-3-20(18)22(26)5-6-23(26)27(15-34-16-27)14-31-13-17(11-29)12-30-31/h12-13,18-25,32H,3-10,14-16H2,1-2H3/t18-,19-,20-,21+,22+,23+,24?,25?,26+,28-/m1/s1. The van der Waals surface area contributed by atoms with E-state index in [0.29, 0.717) is 28.7 Å². The first-order valence-electron chi connectivity index (χ1n) is 13.7. The van der Waals surface area contributed by atoms with Gasteiger partial charge in [0.05, 0.1) is 43.2 Å². The van der Waals surface area contributed by atoms with Gasteiger partial charge < -0.3 is 14.6 Å². The summed E-state index contributed by atoms with van der Waals surface area (Å²) in [6.45, 7) is 5.15. The molecule has 0 spiro atoms. The third-order valence-corrected chi connectivity index (χ3v) is 12.1. The summed E-state index contributed by atoms with van der Waals surface area (Å²) >= 11 is 0. The van der Waals surface area contributed by atoms with Crippen LogP contribution in [0.5, 0.6) is 0 Å². The van der Waals surface area contributed by atoms with E-state index in [0.717, 1.165) is 49.9 Å². The van der Waals surface area contributed by atoms with Crippen molar-refractivity contribution in [3.05, 3.63) is 18.0 Å². The largest absolute Gasteiger partial charge is 0.387 e. The van der Waals surface area contributed by atoms with Crippen LogP contribution in [0.25, 0.3) is 0 Å². The lowest BCUT2D eigenvalue weighted by Gasteiger charge is -2.59. The lowest BCUT2D eigenvalue weighted by Crippen LogP contribution is -2.57.